The van der Waals surface area contributed by atoms with Gasteiger partial charge in [-0.2, -0.15) is 5.10 Å². The molecule has 0 bridgehead atoms. The van der Waals surface area contributed by atoms with E-state index >= 15 is 0 Å². The van der Waals surface area contributed by atoms with Crippen molar-refractivity contribution >= 4 is 15.9 Å². The highest BCUT2D eigenvalue weighted by atomic mass is 79.9. The summed E-state index contributed by atoms with van der Waals surface area (Å²) in [6.07, 6.45) is 4.01. The van der Waals surface area contributed by atoms with E-state index in [4.69, 9.17) is 0 Å². The van der Waals surface area contributed by atoms with Crippen molar-refractivity contribution in [2.24, 2.45) is 0 Å². The van der Waals surface area contributed by atoms with Crippen LogP contribution in [0.25, 0.3) is 0 Å². The van der Waals surface area contributed by atoms with Crippen LogP contribution in [0.4, 0.5) is 0 Å². The van der Waals surface area contributed by atoms with Gasteiger partial charge in [-0.05, 0) is 67.7 Å². The van der Waals surface area contributed by atoms with Gasteiger partial charge in [-0.3, -0.25) is 4.68 Å². The Labute approximate surface area is 135 Å². The molecule has 114 valence electrons. The second-order valence-corrected chi connectivity index (χ2v) is 6.58. The first-order valence-corrected chi connectivity index (χ1v) is 8.28. The van der Waals surface area contributed by atoms with Crippen molar-refractivity contribution < 1.29 is 0 Å². The summed E-state index contributed by atoms with van der Waals surface area (Å²) in [5.41, 5.74) is 4.02. The van der Waals surface area contributed by atoms with E-state index in [1.54, 1.807) is 0 Å². The number of nitrogens with one attached hydrogen (secondary N) is 1. The van der Waals surface area contributed by atoms with Crippen LogP contribution in [-0.2, 0) is 6.42 Å². The summed E-state index contributed by atoms with van der Waals surface area (Å²) in [7, 11) is 2.02. The lowest BCUT2D eigenvalue weighted by atomic mass is 9.99. The van der Waals surface area contributed by atoms with Crippen molar-refractivity contribution in [2.75, 3.05) is 7.05 Å². The van der Waals surface area contributed by atoms with Crippen LogP contribution in [0.2, 0.25) is 0 Å². The Hall–Kier alpha value is -1.13. The third-order valence-electron chi connectivity index (χ3n) is 3.92. The van der Waals surface area contributed by atoms with Crippen LogP contribution in [0.15, 0.2) is 34.9 Å². The Balaban J connectivity index is 2.17. The Bertz CT molecular complexity index is 589. The van der Waals surface area contributed by atoms with Gasteiger partial charge in [-0.25, -0.2) is 0 Å². The maximum Gasteiger partial charge on any atom is 0.0698 e. The third-order valence-corrected chi connectivity index (χ3v) is 4.53. The normalized spacial score (nSPS) is 12.9. The van der Waals surface area contributed by atoms with Gasteiger partial charge in [-0.1, -0.05) is 24.3 Å². The molecule has 0 saturated heterocycles. The predicted octanol–water partition coefficient (Wildman–Crippen LogP) is 4.43. The van der Waals surface area contributed by atoms with E-state index in [0.717, 1.165) is 17.3 Å². The second kappa shape index (κ2) is 7.23. The van der Waals surface area contributed by atoms with Gasteiger partial charge in [0.05, 0.1) is 22.4 Å². The zero-order valence-electron chi connectivity index (χ0n) is 13.2. The fourth-order valence-electron chi connectivity index (χ4n) is 2.70. The second-order valence-electron chi connectivity index (χ2n) is 5.72. The minimum absolute atomic E-state index is 0.295. The van der Waals surface area contributed by atoms with Gasteiger partial charge in [0.15, 0.2) is 0 Å². The molecule has 0 radical (unpaired) electrons. The summed E-state index contributed by atoms with van der Waals surface area (Å²) in [4.78, 5) is 0. The van der Waals surface area contributed by atoms with Gasteiger partial charge in [0.2, 0.25) is 0 Å². The van der Waals surface area contributed by atoms with Crippen LogP contribution in [0.1, 0.15) is 49.2 Å². The lowest BCUT2D eigenvalue weighted by molar-refractivity contribution is 0.445. The topological polar surface area (TPSA) is 29.9 Å². The summed E-state index contributed by atoms with van der Waals surface area (Å²) in [5.74, 6) is 0. The first-order valence-electron chi connectivity index (χ1n) is 7.49. The van der Waals surface area contributed by atoms with E-state index in [1.165, 1.54) is 16.8 Å². The molecule has 2 aromatic rings. The fraction of sp³-hybridized carbons (Fsp3) is 0.471. The van der Waals surface area contributed by atoms with Crippen LogP contribution in [0, 0.1) is 6.92 Å². The SMILES string of the molecule is CNC(CCc1ccccc1C)c1c(Br)cnn1C(C)C. The van der Waals surface area contributed by atoms with Gasteiger partial charge in [0, 0.05) is 6.04 Å². The van der Waals surface area contributed by atoms with Gasteiger partial charge in [-0.15, -0.1) is 0 Å². The van der Waals surface area contributed by atoms with Gasteiger partial charge in [0.1, 0.15) is 0 Å². The Morgan fingerprint density at radius 3 is 2.62 bits per heavy atom. The quantitative estimate of drug-likeness (QED) is 0.835. The number of hydrogen-bond donors (Lipinski definition) is 1. The molecular formula is C17H24BrN3. The monoisotopic (exact) mass is 349 g/mol. The lowest BCUT2D eigenvalue weighted by Crippen LogP contribution is -2.22. The first kappa shape index (κ1) is 16.2. The molecular weight excluding hydrogens is 326 g/mol. The molecule has 3 nitrogen and oxygen atoms in total. The van der Waals surface area contributed by atoms with E-state index in [1.807, 2.05) is 13.2 Å². The molecule has 1 aromatic carbocycles. The number of halogens is 1. The molecule has 4 heteroatoms. The summed E-state index contributed by atoms with van der Waals surface area (Å²) in [6.45, 7) is 6.51. The molecule has 1 N–H and O–H groups in total. The average Bonchev–Trinajstić information content (AvgIpc) is 2.84. The molecule has 2 rings (SSSR count). The standard InChI is InChI=1S/C17H24BrN3/c1-12(2)21-17(15(18)11-20-21)16(19-4)10-9-14-8-6-5-7-13(14)3/h5-8,11-12,16,19H,9-10H2,1-4H3. The minimum atomic E-state index is 0.295. The maximum absolute atomic E-state index is 4.49. The molecule has 1 aromatic heterocycles. The number of nitrogens with zero attached hydrogens (tertiary/aromatic N) is 2. The van der Waals surface area contributed by atoms with E-state index in [-0.39, 0.29) is 0 Å². The Morgan fingerprint density at radius 2 is 2.00 bits per heavy atom. The van der Waals surface area contributed by atoms with Crippen molar-refractivity contribution in [1.29, 1.82) is 0 Å². The Morgan fingerprint density at radius 1 is 1.29 bits per heavy atom. The van der Waals surface area contributed by atoms with Crippen LogP contribution in [0.5, 0.6) is 0 Å². The molecule has 0 fully saturated rings. The number of aromatic nitrogens is 2. The van der Waals surface area contributed by atoms with E-state index in [9.17, 15) is 0 Å². The van der Waals surface area contributed by atoms with Gasteiger partial charge in [0.25, 0.3) is 0 Å². The van der Waals surface area contributed by atoms with E-state index in [2.05, 4.69) is 76.1 Å². The number of hydrogen-bond acceptors (Lipinski definition) is 2. The molecule has 0 aliphatic heterocycles. The highest BCUT2D eigenvalue weighted by molar-refractivity contribution is 9.10. The van der Waals surface area contributed by atoms with E-state index in [0.29, 0.717) is 12.1 Å². The van der Waals surface area contributed by atoms with E-state index < -0.39 is 0 Å². The van der Waals surface area contributed by atoms with Gasteiger partial charge >= 0.3 is 0 Å². The van der Waals surface area contributed by atoms with Gasteiger partial charge < -0.3 is 5.32 Å². The fourth-order valence-corrected chi connectivity index (χ4v) is 3.25. The molecule has 0 spiro atoms. The number of rotatable bonds is 6. The number of benzene rings is 1. The summed E-state index contributed by atoms with van der Waals surface area (Å²) >= 11 is 3.64. The molecule has 1 atom stereocenters. The zero-order chi connectivity index (χ0) is 15.4. The van der Waals surface area contributed by atoms with Crippen LogP contribution in [-0.4, -0.2) is 16.8 Å². The summed E-state index contributed by atoms with van der Waals surface area (Å²) < 4.78 is 3.18. The highest BCUT2D eigenvalue weighted by Crippen LogP contribution is 2.29. The minimum Gasteiger partial charge on any atom is -0.312 e. The molecule has 0 amide bonds. The Kier molecular flexibility index (Phi) is 5.59. The highest BCUT2D eigenvalue weighted by Gasteiger charge is 2.20. The average molecular weight is 350 g/mol. The molecule has 0 saturated carbocycles. The molecule has 0 aliphatic rings. The first-order chi connectivity index (χ1) is 10.0. The van der Waals surface area contributed by atoms with Crippen molar-refractivity contribution in [2.45, 2.75) is 45.7 Å². The molecule has 1 unspecified atom stereocenters. The smallest absolute Gasteiger partial charge is 0.0698 e. The lowest BCUT2D eigenvalue weighted by Gasteiger charge is -2.21. The maximum atomic E-state index is 4.49. The van der Waals surface area contributed by atoms with Crippen molar-refractivity contribution in [3.63, 3.8) is 0 Å². The molecule has 0 aliphatic carbocycles. The molecule has 21 heavy (non-hydrogen) atoms. The number of aryl methyl sites for hydroxylation is 2. The van der Waals surface area contributed by atoms with Crippen LogP contribution < -0.4 is 5.32 Å². The van der Waals surface area contributed by atoms with Crippen molar-refractivity contribution in [3.8, 4) is 0 Å². The summed E-state index contributed by atoms with van der Waals surface area (Å²) in [5, 5.41) is 7.93. The largest absolute Gasteiger partial charge is 0.312 e. The van der Waals surface area contributed by atoms with Crippen LogP contribution in [0.3, 0.4) is 0 Å². The van der Waals surface area contributed by atoms with Crippen LogP contribution >= 0.6 is 15.9 Å². The third kappa shape index (κ3) is 3.74. The predicted molar refractivity (Wildman–Crippen MR) is 91.6 cm³/mol. The molecule has 1 heterocycles. The van der Waals surface area contributed by atoms with Crippen molar-refractivity contribution in [1.82, 2.24) is 15.1 Å². The van der Waals surface area contributed by atoms with Crippen molar-refractivity contribution in [3.05, 3.63) is 51.8 Å². The summed E-state index contributed by atoms with van der Waals surface area (Å²) in [6, 6.07) is 9.27. The zero-order valence-corrected chi connectivity index (χ0v) is 14.8.